The summed E-state index contributed by atoms with van der Waals surface area (Å²) >= 11 is 0. The first-order valence-electron chi connectivity index (χ1n) is 6.79. The fourth-order valence-corrected chi connectivity index (χ4v) is 1.95. The van der Waals surface area contributed by atoms with E-state index in [4.69, 9.17) is 4.74 Å². The van der Waals surface area contributed by atoms with Gasteiger partial charge in [0.1, 0.15) is 12.4 Å². The number of carbonyl (C=O) groups excluding carboxylic acids is 1. The number of hydrogen-bond acceptors (Lipinski definition) is 4. The molecular weight excluding hydrogens is 284 g/mol. The van der Waals surface area contributed by atoms with Crippen molar-refractivity contribution in [2.75, 3.05) is 13.2 Å². The zero-order valence-corrected chi connectivity index (χ0v) is 12.1. The lowest BCUT2D eigenvalue weighted by Crippen LogP contribution is -2.28. The molecule has 0 unspecified atom stereocenters. The Morgan fingerprint density at radius 3 is 2.59 bits per heavy atom. The predicted octanol–water partition coefficient (Wildman–Crippen LogP) is 2.71. The van der Waals surface area contributed by atoms with Crippen molar-refractivity contribution in [2.45, 2.75) is 6.92 Å². The quantitative estimate of drug-likeness (QED) is 0.505. The summed E-state index contributed by atoms with van der Waals surface area (Å²) in [5.74, 6) is 0.456. The van der Waals surface area contributed by atoms with Crippen LogP contribution in [0.5, 0.6) is 5.75 Å². The van der Waals surface area contributed by atoms with Crippen molar-refractivity contribution in [3.8, 4) is 5.75 Å². The molecule has 0 spiro atoms. The minimum absolute atomic E-state index is 0.00367. The highest BCUT2D eigenvalue weighted by atomic mass is 16.6. The molecule has 0 heterocycles. The Kier molecular flexibility index (Phi) is 5.08. The summed E-state index contributed by atoms with van der Waals surface area (Å²) in [6, 6.07) is 13.6. The molecule has 2 aromatic carbocycles. The number of carbonyl (C=O) groups is 1. The van der Waals surface area contributed by atoms with Gasteiger partial charge in [0.2, 0.25) is 0 Å². The summed E-state index contributed by atoms with van der Waals surface area (Å²) in [6.07, 6.45) is 0. The van der Waals surface area contributed by atoms with Gasteiger partial charge in [-0.2, -0.15) is 0 Å². The molecule has 114 valence electrons. The van der Waals surface area contributed by atoms with Gasteiger partial charge >= 0.3 is 0 Å². The number of nitro groups is 1. The van der Waals surface area contributed by atoms with Gasteiger partial charge in [0.25, 0.3) is 11.6 Å². The standard InChI is InChI=1S/C16H16N2O4/c1-12-11-13(7-8-15(12)18(20)21)16(19)17-9-10-22-14-5-3-2-4-6-14/h2-8,11H,9-10H2,1H3,(H,17,19). The number of nitrogens with one attached hydrogen (secondary N) is 1. The molecule has 22 heavy (non-hydrogen) atoms. The lowest BCUT2D eigenvalue weighted by molar-refractivity contribution is -0.385. The first kappa shape index (κ1) is 15.5. The summed E-state index contributed by atoms with van der Waals surface area (Å²) in [7, 11) is 0. The molecule has 0 radical (unpaired) electrons. The molecule has 6 heteroatoms. The summed E-state index contributed by atoms with van der Waals surface area (Å²) < 4.78 is 5.46. The van der Waals surface area contributed by atoms with Gasteiger partial charge in [-0.25, -0.2) is 0 Å². The zero-order chi connectivity index (χ0) is 15.9. The Morgan fingerprint density at radius 2 is 1.95 bits per heavy atom. The van der Waals surface area contributed by atoms with Crippen LogP contribution in [-0.2, 0) is 0 Å². The van der Waals surface area contributed by atoms with E-state index in [-0.39, 0.29) is 11.6 Å². The van der Waals surface area contributed by atoms with E-state index in [2.05, 4.69) is 5.32 Å². The molecular formula is C16H16N2O4. The molecule has 0 atom stereocenters. The molecule has 0 bridgehead atoms. The van der Waals surface area contributed by atoms with E-state index in [1.54, 1.807) is 6.92 Å². The maximum atomic E-state index is 12.0. The number of benzene rings is 2. The molecule has 2 aromatic rings. The Balaban J connectivity index is 1.85. The number of rotatable bonds is 6. The molecule has 0 saturated heterocycles. The number of nitro benzene ring substituents is 1. The van der Waals surface area contributed by atoms with Crippen molar-refractivity contribution in [3.05, 3.63) is 69.8 Å². The Labute approximate surface area is 127 Å². The van der Waals surface area contributed by atoms with Crippen LogP contribution in [0, 0.1) is 17.0 Å². The topological polar surface area (TPSA) is 81.5 Å². The normalized spacial score (nSPS) is 10.0. The summed E-state index contributed by atoms with van der Waals surface area (Å²) in [6.45, 7) is 2.30. The highest BCUT2D eigenvalue weighted by Gasteiger charge is 2.13. The van der Waals surface area contributed by atoms with E-state index in [1.165, 1.54) is 18.2 Å². The van der Waals surface area contributed by atoms with E-state index in [1.807, 2.05) is 30.3 Å². The third kappa shape index (κ3) is 4.05. The van der Waals surface area contributed by atoms with Crippen molar-refractivity contribution in [1.82, 2.24) is 5.32 Å². The molecule has 1 N–H and O–H groups in total. The Hall–Kier alpha value is -2.89. The van der Waals surface area contributed by atoms with E-state index in [0.717, 1.165) is 5.75 Å². The van der Waals surface area contributed by atoms with Crippen LogP contribution < -0.4 is 10.1 Å². The first-order valence-corrected chi connectivity index (χ1v) is 6.79. The Morgan fingerprint density at radius 1 is 1.23 bits per heavy atom. The molecule has 0 saturated carbocycles. The van der Waals surface area contributed by atoms with Gasteiger partial charge in [0.05, 0.1) is 11.5 Å². The van der Waals surface area contributed by atoms with E-state index < -0.39 is 4.92 Å². The number of amides is 1. The van der Waals surface area contributed by atoms with Gasteiger partial charge < -0.3 is 10.1 Å². The van der Waals surface area contributed by atoms with Crippen molar-refractivity contribution >= 4 is 11.6 Å². The fraction of sp³-hybridized carbons (Fsp3) is 0.188. The molecule has 0 aliphatic carbocycles. The van der Waals surface area contributed by atoms with E-state index >= 15 is 0 Å². The van der Waals surface area contributed by atoms with Gasteiger partial charge in [0.15, 0.2) is 0 Å². The third-order valence-corrected chi connectivity index (χ3v) is 3.06. The average molecular weight is 300 g/mol. The minimum atomic E-state index is -0.468. The molecule has 1 amide bonds. The van der Waals surface area contributed by atoms with Crippen LogP contribution in [0.2, 0.25) is 0 Å². The SMILES string of the molecule is Cc1cc(C(=O)NCCOc2ccccc2)ccc1[N+](=O)[O-]. The van der Waals surface area contributed by atoms with Crippen LogP contribution in [0.4, 0.5) is 5.69 Å². The summed E-state index contributed by atoms with van der Waals surface area (Å²) in [5, 5.41) is 13.4. The fourth-order valence-electron chi connectivity index (χ4n) is 1.95. The van der Waals surface area contributed by atoms with Gasteiger partial charge in [-0.3, -0.25) is 14.9 Å². The number of ether oxygens (including phenoxy) is 1. The molecule has 0 fully saturated rings. The number of aryl methyl sites for hydroxylation is 1. The zero-order valence-electron chi connectivity index (χ0n) is 12.1. The molecule has 0 aliphatic rings. The van der Waals surface area contributed by atoms with E-state index in [9.17, 15) is 14.9 Å². The minimum Gasteiger partial charge on any atom is -0.492 e. The van der Waals surface area contributed by atoms with E-state index in [0.29, 0.717) is 24.3 Å². The van der Waals surface area contributed by atoms with Crippen molar-refractivity contribution in [3.63, 3.8) is 0 Å². The maximum absolute atomic E-state index is 12.0. The first-order chi connectivity index (χ1) is 10.6. The van der Waals surface area contributed by atoms with Gasteiger partial charge in [-0.1, -0.05) is 18.2 Å². The van der Waals surface area contributed by atoms with Crippen LogP contribution in [0.15, 0.2) is 48.5 Å². The third-order valence-electron chi connectivity index (χ3n) is 3.06. The van der Waals surface area contributed by atoms with Crippen LogP contribution in [-0.4, -0.2) is 24.0 Å². The lowest BCUT2D eigenvalue weighted by Gasteiger charge is -2.08. The largest absolute Gasteiger partial charge is 0.492 e. The summed E-state index contributed by atoms with van der Waals surface area (Å²) in [5.41, 5.74) is 0.852. The molecule has 0 aliphatic heterocycles. The smallest absolute Gasteiger partial charge is 0.272 e. The maximum Gasteiger partial charge on any atom is 0.272 e. The van der Waals surface area contributed by atoms with Crippen LogP contribution in [0.3, 0.4) is 0 Å². The van der Waals surface area contributed by atoms with Gasteiger partial charge in [0, 0.05) is 17.2 Å². The monoisotopic (exact) mass is 300 g/mol. The van der Waals surface area contributed by atoms with Gasteiger partial charge in [-0.05, 0) is 31.2 Å². The molecule has 0 aromatic heterocycles. The number of para-hydroxylation sites is 1. The lowest BCUT2D eigenvalue weighted by atomic mass is 10.1. The van der Waals surface area contributed by atoms with Crippen molar-refractivity contribution in [1.29, 1.82) is 0 Å². The summed E-state index contributed by atoms with van der Waals surface area (Å²) in [4.78, 5) is 22.2. The average Bonchev–Trinajstić information content (AvgIpc) is 2.52. The number of nitrogens with zero attached hydrogens (tertiary/aromatic N) is 1. The Bertz CT molecular complexity index is 671. The van der Waals surface area contributed by atoms with Crippen LogP contribution in [0.25, 0.3) is 0 Å². The second-order valence-corrected chi connectivity index (χ2v) is 4.68. The molecule has 6 nitrogen and oxygen atoms in total. The van der Waals surface area contributed by atoms with Crippen molar-refractivity contribution < 1.29 is 14.5 Å². The number of hydrogen-bond donors (Lipinski definition) is 1. The van der Waals surface area contributed by atoms with Crippen LogP contribution in [0.1, 0.15) is 15.9 Å². The highest BCUT2D eigenvalue weighted by Crippen LogP contribution is 2.18. The van der Waals surface area contributed by atoms with Crippen LogP contribution >= 0.6 is 0 Å². The molecule has 2 rings (SSSR count). The predicted molar refractivity (Wildman–Crippen MR) is 82.1 cm³/mol. The second kappa shape index (κ2) is 7.21. The van der Waals surface area contributed by atoms with Gasteiger partial charge in [-0.15, -0.1) is 0 Å². The van der Waals surface area contributed by atoms with Crippen molar-refractivity contribution in [2.24, 2.45) is 0 Å². The highest BCUT2D eigenvalue weighted by molar-refractivity contribution is 5.94. The second-order valence-electron chi connectivity index (χ2n) is 4.68.